The summed E-state index contributed by atoms with van der Waals surface area (Å²) in [5.41, 5.74) is 0. The molecular weight excluding hydrogens is 194 g/mol. The monoisotopic (exact) mass is 215 g/mol. The summed E-state index contributed by atoms with van der Waals surface area (Å²) >= 11 is 4.13. The van der Waals surface area contributed by atoms with Crippen LogP contribution in [0.25, 0.3) is 0 Å². The average Bonchev–Trinajstić information content (AvgIpc) is 2.01. The molecule has 3 atom stereocenters. The Bertz CT molecular complexity index is 195. The second-order valence-corrected chi connectivity index (χ2v) is 5.57. The van der Waals surface area contributed by atoms with Crippen LogP contribution in [-0.4, -0.2) is 17.2 Å². The van der Waals surface area contributed by atoms with Crippen LogP contribution >= 0.6 is 12.6 Å². The van der Waals surface area contributed by atoms with Gasteiger partial charge in [-0.2, -0.15) is 12.6 Å². The first-order valence-electron chi connectivity index (χ1n) is 5.47. The van der Waals surface area contributed by atoms with Crippen molar-refractivity contribution in [2.24, 2.45) is 11.8 Å². The van der Waals surface area contributed by atoms with Crippen LogP contribution < -0.4 is 5.32 Å². The Kier molecular flexibility index (Phi) is 4.30. The van der Waals surface area contributed by atoms with Crippen LogP contribution in [0, 0.1) is 11.8 Å². The van der Waals surface area contributed by atoms with Crippen molar-refractivity contribution in [3.63, 3.8) is 0 Å². The molecule has 3 unspecified atom stereocenters. The summed E-state index contributed by atoms with van der Waals surface area (Å²) in [6, 6.07) is 0.371. The minimum Gasteiger partial charge on any atom is -0.352 e. The van der Waals surface area contributed by atoms with Gasteiger partial charge in [-0.05, 0) is 38.0 Å². The van der Waals surface area contributed by atoms with E-state index in [-0.39, 0.29) is 11.2 Å². The van der Waals surface area contributed by atoms with E-state index in [1.165, 1.54) is 6.42 Å². The summed E-state index contributed by atoms with van der Waals surface area (Å²) < 4.78 is 0. The molecule has 3 heteroatoms. The van der Waals surface area contributed by atoms with E-state index >= 15 is 0 Å². The van der Waals surface area contributed by atoms with Crippen LogP contribution in [0.3, 0.4) is 0 Å². The summed E-state index contributed by atoms with van der Waals surface area (Å²) in [4.78, 5) is 11.4. The number of hydrogen-bond donors (Lipinski definition) is 2. The maximum absolute atomic E-state index is 11.4. The second-order valence-electron chi connectivity index (χ2n) is 4.80. The van der Waals surface area contributed by atoms with Crippen LogP contribution in [0.2, 0.25) is 0 Å². The number of thiol groups is 1. The van der Waals surface area contributed by atoms with Crippen molar-refractivity contribution in [2.45, 2.75) is 51.3 Å². The summed E-state index contributed by atoms with van der Waals surface area (Å²) in [5.74, 6) is 1.54. The molecule has 1 amide bonds. The molecule has 1 fully saturated rings. The van der Waals surface area contributed by atoms with Crippen LogP contribution in [0.1, 0.15) is 40.0 Å². The van der Waals surface area contributed by atoms with E-state index in [1.807, 2.05) is 6.92 Å². The maximum atomic E-state index is 11.4. The van der Waals surface area contributed by atoms with Gasteiger partial charge >= 0.3 is 0 Å². The molecule has 0 radical (unpaired) electrons. The summed E-state index contributed by atoms with van der Waals surface area (Å²) in [5, 5.41) is 2.87. The zero-order valence-electron chi connectivity index (χ0n) is 9.29. The molecule has 0 saturated heterocycles. The number of rotatable bonds is 2. The highest BCUT2D eigenvalue weighted by Gasteiger charge is 2.25. The van der Waals surface area contributed by atoms with Crippen molar-refractivity contribution >= 4 is 18.5 Å². The first kappa shape index (κ1) is 11.9. The number of carbonyl (C=O) groups is 1. The largest absolute Gasteiger partial charge is 0.352 e. The van der Waals surface area contributed by atoms with Crippen molar-refractivity contribution < 1.29 is 4.79 Å². The molecule has 0 aromatic rings. The SMILES string of the molecule is CC1CC(C)CC(NC(=O)C(C)S)C1. The topological polar surface area (TPSA) is 29.1 Å². The van der Waals surface area contributed by atoms with E-state index < -0.39 is 0 Å². The van der Waals surface area contributed by atoms with E-state index in [9.17, 15) is 4.79 Å². The Morgan fingerprint density at radius 2 is 1.79 bits per heavy atom. The van der Waals surface area contributed by atoms with Crippen LogP contribution in [0.15, 0.2) is 0 Å². The van der Waals surface area contributed by atoms with Gasteiger partial charge in [-0.1, -0.05) is 13.8 Å². The number of nitrogens with one attached hydrogen (secondary N) is 1. The normalized spacial score (nSPS) is 35.0. The van der Waals surface area contributed by atoms with E-state index in [0.29, 0.717) is 6.04 Å². The lowest BCUT2D eigenvalue weighted by atomic mass is 9.80. The molecule has 1 rings (SSSR count). The molecule has 2 nitrogen and oxygen atoms in total. The fourth-order valence-corrected chi connectivity index (χ4v) is 2.46. The molecule has 14 heavy (non-hydrogen) atoms. The minimum atomic E-state index is -0.192. The highest BCUT2D eigenvalue weighted by molar-refractivity contribution is 7.81. The standard InChI is InChI=1S/C11H21NOS/c1-7-4-8(2)6-10(5-7)12-11(13)9(3)14/h7-10,14H,4-6H2,1-3H3,(H,12,13). The third-order valence-electron chi connectivity index (χ3n) is 2.90. The van der Waals surface area contributed by atoms with Crippen LogP contribution in [0.4, 0.5) is 0 Å². The molecule has 0 aromatic carbocycles. The fourth-order valence-electron chi connectivity index (χ4n) is 2.39. The Morgan fingerprint density at radius 1 is 1.29 bits per heavy atom. The first-order valence-corrected chi connectivity index (χ1v) is 5.99. The Hall–Kier alpha value is -0.180. The second kappa shape index (κ2) is 5.06. The lowest BCUT2D eigenvalue weighted by Crippen LogP contribution is -2.42. The van der Waals surface area contributed by atoms with Crippen molar-refractivity contribution in [3.05, 3.63) is 0 Å². The lowest BCUT2D eigenvalue weighted by Gasteiger charge is -2.32. The molecule has 1 saturated carbocycles. The van der Waals surface area contributed by atoms with E-state index in [0.717, 1.165) is 24.7 Å². The van der Waals surface area contributed by atoms with Gasteiger partial charge < -0.3 is 5.32 Å². The van der Waals surface area contributed by atoms with Crippen molar-refractivity contribution in [3.8, 4) is 0 Å². The third kappa shape index (κ3) is 3.52. The van der Waals surface area contributed by atoms with Gasteiger partial charge in [0, 0.05) is 6.04 Å². The summed E-state index contributed by atoms with van der Waals surface area (Å²) in [7, 11) is 0. The maximum Gasteiger partial charge on any atom is 0.232 e. The zero-order chi connectivity index (χ0) is 10.7. The average molecular weight is 215 g/mol. The predicted octanol–water partition coefficient (Wildman–Crippen LogP) is 2.25. The van der Waals surface area contributed by atoms with Crippen LogP contribution in [-0.2, 0) is 4.79 Å². The van der Waals surface area contributed by atoms with Gasteiger partial charge in [-0.25, -0.2) is 0 Å². The van der Waals surface area contributed by atoms with Gasteiger partial charge in [0.2, 0.25) is 5.91 Å². The molecule has 1 aliphatic rings. The van der Waals surface area contributed by atoms with E-state index in [2.05, 4.69) is 31.8 Å². The number of amides is 1. The zero-order valence-corrected chi connectivity index (χ0v) is 10.2. The Morgan fingerprint density at radius 3 is 2.21 bits per heavy atom. The fraction of sp³-hybridized carbons (Fsp3) is 0.909. The highest BCUT2D eigenvalue weighted by atomic mass is 32.1. The molecule has 82 valence electrons. The first-order chi connectivity index (χ1) is 6.49. The smallest absolute Gasteiger partial charge is 0.232 e. The van der Waals surface area contributed by atoms with Gasteiger partial charge in [0.15, 0.2) is 0 Å². The molecule has 0 heterocycles. The van der Waals surface area contributed by atoms with Gasteiger partial charge in [0.25, 0.3) is 0 Å². The lowest BCUT2D eigenvalue weighted by molar-refractivity contribution is -0.121. The van der Waals surface area contributed by atoms with Crippen molar-refractivity contribution in [2.75, 3.05) is 0 Å². The molecule has 0 bridgehead atoms. The molecule has 1 aliphatic carbocycles. The Labute approximate surface area is 92.2 Å². The summed E-state index contributed by atoms with van der Waals surface area (Å²) in [6.07, 6.45) is 3.54. The predicted molar refractivity (Wildman–Crippen MR) is 62.6 cm³/mol. The molecular formula is C11H21NOS. The molecule has 1 N–H and O–H groups in total. The molecule has 0 spiro atoms. The van der Waals surface area contributed by atoms with Gasteiger partial charge in [0.05, 0.1) is 5.25 Å². The molecule has 0 aliphatic heterocycles. The minimum absolute atomic E-state index is 0.0691. The van der Waals surface area contributed by atoms with Gasteiger partial charge in [-0.3, -0.25) is 4.79 Å². The van der Waals surface area contributed by atoms with E-state index in [4.69, 9.17) is 0 Å². The summed E-state index contributed by atoms with van der Waals surface area (Å²) in [6.45, 7) is 6.34. The van der Waals surface area contributed by atoms with E-state index in [1.54, 1.807) is 0 Å². The number of hydrogen-bond acceptors (Lipinski definition) is 2. The van der Waals surface area contributed by atoms with Crippen molar-refractivity contribution in [1.82, 2.24) is 5.32 Å². The third-order valence-corrected chi connectivity index (χ3v) is 3.14. The highest BCUT2D eigenvalue weighted by Crippen LogP contribution is 2.28. The Balaban J connectivity index is 2.40. The van der Waals surface area contributed by atoms with Crippen molar-refractivity contribution in [1.29, 1.82) is 0 Å². The molecule has 0 aromatic heterocycles. The number of carbonyl (C=O) groups excluding carboxylic acids is 1. The quantitative estimate of drug-likeness (QED) is 0.680. The van der Waals surface area contributed by atoms with Gasteiger partial charge in [0.1, 0.15) is 0 Å². The van der Waals surface area contributed by atoms with Crippen LogP contribution in [0.5, 0.6) is 0 Å². The van der Waals surface area contributed by atoms with Gasteiger partial charge in [-0.15, -0.1) is 0 Å².